The van der Waals surface area contributed by atoms with E-state index in [2.05, 4.69) is 10.6 Å². The molecule has 0 spiro atoms. The van der Waals surface area contributed by atoms with Crippen LogP contribution in [-0.4, -0.2) is 51.1 Å². The van der Waals surface area contributed by atoms with Gasteiger partial charge in [0.2, 0.25) is 15.9 Å². The van der Waals surface area contributed by atoms with Crippen molar-refractivity contribution in [2.45, 2.75) is 10.9 Å². The Morgan fingerprint density at radius 2 is 1.69 bits per heavy atom. The normalized spacial score (nSPS) is 15.9. The molecule has 1 unspecified atom stereocenters. The molecule has 1 saturated heterocycles. The summed E-state index contributed by atoms with van der Waals surface area (Å²) in [4.78, 5) is 26.9. The number of carbonyl (C=O) groups excluding carboxylic acids is 2. The van der Waals surface area contributed by atoms with Gasteiger partial charge in [-0.25, -0.2) is 22.7 Å². The Kier molecular flexibility index (Phi) is 7.55. The van der Waals surface area contributed by atoms with E-state index in [9.17, 15) is 22.4 Å². The summed E-state index contributed by atoms with van der Waals surface area (Å²) in [5.74, 6) is -1.33. The second-order valence-electron chi connectivity index (χ2n) is 7.95. The average molecular weight is 533 g/mol. The third-order valence-electron chi connectivity index (χ3n) is 5.51. The Hall–Kier alpha value is -3.51. The molecular weight excluding hydrogens is 511 g/mol. The lowest BCUT2D eigenvalue weighted by Gasteiger charge is -2.34. The summed E-state index contributed by atoms with van der Waals surface area (Å²) in [5, 5.41) is 11.1. The van der Waals surface area contributed by atoms with Gasteiger partial charge in [-0.05, 0) is 48.5 Å². The van der Waals surface area contributed by atoms with E-state index in [1.54, 1.807) is 30.3 Å². The number of nitrogens with two attached hydrogens (primary N) is 1. The number of nitrogens with zero attached hydrogens (tertiary/aromatic N) is 1. The molecule has 1 aliphatic rings. The number of hydrogen-bond acceptors (Lipinski definition) is 5. The van der Waals surface area contributed by atoms with Crippen LogP contribution < -0.4 is 15.8 Å². The first kappa shape index (κ1) is 25.6. The van der Waals surface area contributed by atoms with Crippen LogP contribution in [0.15, 0.2) is 71.6 Å². The van der Waals surface area contributed by atoms with Crippen molar-refractivity contribution in [3.05, 3.63) is 77.6 Å². The monoisotopic (exact) mass is 532 g/mol. The number of morpholine rings is 1. The first-order chi connectivity index (χ1) is 17.1. The standard InChI is InChI=1S/C24H22ClFN4O5S/c25-15-5-7-16(8-6-15)29-24(32)30-11-12-35-14-21(30)23(31)28-17-9-10-18(20(26)13-17)19-3-1-2-4-22(19)36(27,33)34/h1-10,13,21H,11-12,14H2,(H,28,31)(H,29,32)(H2,27,33,34). The molecule has 1 fully saturated rings. The summed E-state index contributed by atoms with van der Waals surface area (Å²) in [6.07, 6.45) is 0. The Morgan fingerprint density at radius 1 is 1.00 bits per heavy atom. The van der Waals surface area contributed by atoms with Crippen molar-refractivity contribution in [3.8, 4) is 11.1 Å². The van der Waals surface area contributed by atoms with E-state index in [1.807, 2.05) is 0 Å². The third-order valence-corrected chi connectivity index (χ3v) is 6.73. The van der Waals surface area contributed by atoms with Crippen LogP contribution in [0.1, 0.15) is 0 Å². The van der Waals surface area contributed by atoms with Gasteiger partial charge < -0.3 is 20.3 Å². The van der Waals surface area contributed by atoms with Gasteiger partial charge >= 0.3 is 6.03 Å². The third kappa shape index (κ3) is 5.82. The largest absolute Gasteiger partial charge is 0.377 e. The molecule has 4 N–H and O–H groups in total. The second-order valence-corrected chi connectivity index (χ2v) is 9.91. The molecule has 3 aromatic carbocycles. The Morgan fingerprint density at radius 3 is 2.39 bits per heavy atom. The Labute approximate surface area is 212 Å². The number of hydrogen-bond donors (Lipinski definition) is 3. The number of halogens is 2. The van der Waals surface area contributed by atoms with Gasteiger partial charge in [-0.2, -0.15) is 0 Å². The highest BCUT2D eigenvalue weighted by Gasteiger charge is 2.33. The van der Waals surface area contributed by atoms with Gasteiger partial charge in [-0.15, -0.1) is 0 Å². The van der Waals surface area contributed by atoms with E-state index in [1.165, 1.54) is 35.2 Å². The van der Waals surface area contributed by atoms with Crippen molar-refractivity contribution < 1.29 is 27.1 Å². The van der Waals surface area contributed by atoms with E-state index in [0.29, 0.717) is 10.7 Å². The van der Waals surface area contributed by atoms with Gasteiger partial charge in [-0.3, -0.25) is 4.79 Å². The molecule has 3 amide bonds. The van der Waals surface area contributed by atoms with Crippen LogP contribution >= 0.6 is 11.6 Å². The zero-order valence-corrected chi connectivity index (χ0v) is 20.4. The first-order valence-corrected chi connectivity index (χ1v) is 12.7. The summed E-state index contributed by atoms with van der Waals surface area (Å²) in [7, 11) is -4.08. The van der Waals surface area contributed by atoms with Crippen LogP contribution in [0.4, 0.5) is 20.6 Å². The molecule has 12 heteroatoms. The molecule has 0 aromatic heterocycles. The van der Waals surface area contributed by atoms with E-state index in [-0.39, 0.29) is 41.5 Å². The maximum Gasteiger partial charge on any atom is 0.322 e. The van der Waals surface area contributed by atoms with E-state index in [4.69, 9.17) is 21.5 Å². The number of sulfonamides is 1. The van der Waals surface area contributed by atoms with Crippen LogP contribution in [0.2, 0.25) is 5.02 Å². The zero-order valence-electron chi connectivity index (χ0n) is 18.8. The fraction of sp³-hybridized carbons (Fsp3) is 0.167. The lowest BCUT2D eigenvalue weighted by atomic mass is 10.0. The number of benzene rings is 3. The van der Waals surface area contributed by atoms with Crippen molar-refractivity contribution in [3.63, 3.8) is 0 Å². The van der Waals surface area contributed by atoms with E-state index in [0.717, 1.165) is 6.07 Å². The minimum Gasteiger partial charge on any atom is -0.377 e. The molecular formula is C24H22ClFN4O5S. The molecule has 36 heavy (non-hydrogen) atoms. The predicted molar refractivity (Wildman–Crippen MR) is 134 cm³/mol. The SMILES string of the molecule is NS(=O)(=O)c1ccccc1-c1ccc(NC(=O)C2COCCN2C(=O)Nc2ccc(Cl)cc2)cc1F. The van der Waals surface area contributed by atoms with Crippen LogP contribution in [0.3, 0.4) is 0 Å². The molecule has 3 aromatic rings. The molecule has 1 atom stereocenters. The molecule has 1 heterocycles. The number of amides is 3. The number of ether oxygens (including phenoxy) is 1. The summed E-state index contributed by atoms with van der Waals surface area (Å²) in [5.41, 5.74) is 0.731. The van der Waals surface area contributed by atoms with Crippen molar-refractivity contribution in [1.29, 1.82) is 0 Å². The van der Waals surface area contributed by atoms with Crippen LogP contribution in [0.5, 0.6) is 0 Å². The summed E-state index contributed by atoms with van der Waals surface area (Å²) < 4.78 is 44.1. The maximum atomic E-state index is 15.0. The molecule has 0 saturated carbocycles. The van der Waals surface area contributed by atoms with Gasteiger partial charge in [0.05, 0.1) is 18.1 Å². The summed E-state index contributed by atoms with van der Waals surface area (Å²) in [6.45, 7) is 0.391. The quantitative estimate of drug-likeness (QED) is 0.461. The highest BCUT2D eigenvalue weighted by atomic mass is 35.5. The van der Waals surface area contributed by atoms with Gasteiger partial charge in [-0.1, -0.05) is 29.8 Å². The van der Waals surface area contributed by atoms with Crippen LogP contribution in [0.25, 0.3) is 11.1 Å². The Balaban J connectivity index is 1.51. The fourth-order valence-electron chi connectivity index (χ4n) is 3.77. The molecule has 188 valence electrons. The van der Waals surface area contributed by atoms with Gasteiger partial charge in [0.25, 0.3) is 0 Å². The van der Waals surface area contributed by atoms with Crippen LogP contribution in [0, 0.1) is 5.82 Å². The number of nitrogens with one attached hydrogen (secondary N) is 2. The van der Waals surface area contributed by atoms with Crippen molar-refractivity contribution >= 4 is 44.9 Å². The molecule has 0 aliphatic carbocycles. The number of urea groups is 1. The number of carbonyl (C=O) groups is 2. The lowest BCUT2D eigenvalue weighted by molar-refractivity contribution is -0.125. The Bertz CT molecular complexity index is 1400. The van der Waals surface area contributed by atoms with E-state index < -0.39 is 33.8 Å². The highest BCUT2D eigenvalue weighted by Crippen LogP contribution is 2.30. The summed E-state index contributed by atoms with van der Waals surface area (Å²) in [6, 6.07) is 14.7. The number of anilines is 2. The van der Waals surface area contributed by atoms with Gasteiger partial charge in [0.15, 0.2) is 0 Å². The van der Waals surface area contributed by atoms with Crippen molar-refractivity contribution in [2.75, 3.05) is 30.4 Å². The maximum absolute atomic E-state index is 15.0. The molecule has 0 bridgehead atoms. The first-order valence-electron chi connectivity index (χ1n) is 10.8. The summed E-state index contributed by atoms with van der Waals surface area (Å²) >= 11 is 5.87. The number of primary sulfonamides is 1. The smallest absolute Gasteiger partial charge is 0.322 e. The lowest BCUT2D eigenvalue weighted by Crippen LogP contribution is -2.55. The average Bonchev–Trinajstić information content (AvgIpc) is 2.85. The molecule has 0 radical (unpaired) electrons. The molecule has 1 aliphatic heterocycles. The van der Waals surface area contributed by atoms with Crippen molar-refractivity contribution in [1.82, 2.24) is 4.90 Å². The van der Waals surface area contributed by atoms with E-state index >= 15 is 0 Å². The molecule has 9 nitrogen and oxygen atoms in total. The zero-order chi connectivity index (χ0) is 25.9. The fourth-order valence-corrected chi connectivity index (χ4v) is 4.65. The van der Waals surface area contributed by atoms with Gasteiger partial charge in [0.1, 0.15) is 11.9 Å². The minimum absolute atomic E-state index is 0.00240. The minimum atomic E-state index is -4.08. The van der Waals surface area contributed by atoms with Gasteiger partial charge in [0, 0.05) is 34.1 Å². The molecule has 4 rings (SSSR count). The highest BCUT2D eigenvalue weighted by molar-refractivity contribution is 7.89. The van der Waals surface area contributed by atoms with Crippen LogP contribution in [-0.2, 0) is 19.6 Å². The predicted octanol–water partition coefficient (Wildman–Crippen LogP) is 3.66. The second kappa shape index (κ2) is 10.6. The topological polar surface area (TPSA) is 131 Å². The number of rotatable bonds is 5. The van der Waals surface area contributed by atoms with Crippen molar-refractivity contribution in [2.24, 2.45) is 5.14 Å².